The summed E-state index contributed by atoms with van der Waals surface area (Å²) in [5, 5.41) is 0. The number of hydrogen-bond acceptors (Lipinski definition) is 8. The number of esters is 2. The van der Waals surface area contributed by atoms with Crippen molar-refractivity contribution < 1.29 is 19.1 Å². The van der Waals surface area contributed by atoms with Crippen LogP contribution in [0.4, 0.5) is 11.4 Å². The quantitative estimate of drug-likeness (QED) is 0.484. The van der Waals surface area contributed by atoms with E-state index in [2.05, 4.69) is 37.5 Å². The summed E-state index contributed by atoms with van der Waals surface area (Å²) in [5.74, 6) is -0.709. The molecule has 0 aliphatic heterocycles. The summed E-state index contributed by atoms with van der Waals surface area (Å²) in [5.41, 5.74) is 4.62. The number of nitrogens with zero attached hydrogens (tertiary/aromatic N) is 4. The predicted octanol–water partition coefficient (Wildman–Crippen LogP) is 3.96. The van der Waals surface area contributed by atoms with E-state index in [0.29, 0.717) is 22.8 Å². The van der Waals surface area contributed by atoms with Crippen LogP contribution in [0.15, 0.2) is 24.3 Å². The molecule has 0 unspecified atom stereocenters. The molecule has 2 aromatic rings. The smallest absolute Gasteiger partial charge is 0.303 e. The third-order valence-corrected chi connectivity index (χ3v) is 5.09. The molecule has 0 N–H and O–H groups in total. The molecule has 0 atom stereocenters. The van der Waals surface area contributed by atoms with Crippen molar-refractivity contribution in [3.63, 3.8) is 0 Å². The van der Waals surface area contributed by atoms with Crippen LogP contribution in [0, 0.1) is 0 Å². The summed E-state index contributed by atoms with van der Waals surface area (Å²) >= 11 is 0. The Hall–Kier alpha value is -3.16. The van der Waals surface area contributed by atoms with Crippen molar-refractivity contribution in [2.24, 2.45) is 0 Å². The Morgan fingerprint density at radius 2 is 1.03 bits per heavy atom. The van der Waals surface area contributed by atoms with Gasteiger partial charge < -0.3 is 19.3 Å². The normalized spacial score (nSPS) is 10.6. The lowest BCUT2D eigenvalue weighted by Crippen LogP contribution is -2.23. The van der Waals surface area contributed by atoms with Crippen LogP contribution in [0.2, 0.25) is 0 Å². The first-order valence-electron chi connectivity index (χ1n) is 11.1. The second kappa shape index (κ2) is 12.0. The Balaban J connectivity index is 2.60. The first-order chi connectivity index (χ1) is 15.3. The van der Waals surface area contributed by atoms with E-state index in [9.17, 15) is 9.59 Å². The lowest BCUT2D eigenvalue weighted by Gasteiger charge is -2.24. The number of aromatic nitrogens is 2. The zero-order valence-corrected chi connectivity index (χ0v) is 20.0. The minimum absolute atomic E-state index is 0.0908. The molecule has 0 aliphatic carbocycles. The van der Waals surface area contributed by atoms with Crippen molar-refractivity contribution in [1.29, 1.82) is 0 Å². The molecule has 32 heavy (non-hydrogen) atoms. The Labute approximate surface area is 190 Å². The molecule has 0 radical (unpaired) electrons. The summed E-state index contributed by atoms with van der Waals surface area (Å²) < 4.78 is 10.4. The van der Waals surface area contributed by atoms with Crippen molar-refractivity contribution in [3.8, 4) is 11.4 Å². The summed E-state index contributed by atoms with van der Waals surface area (Å²) in [6.07, 6.45) is 0. The van der Waals surface area contributed by atoms with Gasteiger partial charge in [-0.2, -0.15) is 0 Å². The molecule has 0 saturated heterocycles. The number of carbonyl (C=O) groups excluding carboxylic acids is 2. The summed E-state index contributed by atoms with van der Waals surface area (Å²) in [6, 6.07) is 7.86. The van der Waals surface area contributed by atoms with Crippen LogP contribution in [0.5, 0.6) is 0 Å². The van der Waals surface area contributed by atoms with E-state index < -0.39 is 0 Å². The second-order valence-electron chi connectivity index (χ2n) is 7.31. The summed E-state index contributed by atoms with van der Waals surface area (Å²) in [7, 11) is 0. The molecule has 2 heterocycles. The maximum atomic E-state index is 11.3. The number of rotatable bonds is 11. The molecule has 0 aromatic carbocycles. The maximum Gasteiger partial charge on any atom is 0.303 e. The Kier molecular flexibility index (Phi) is 9.43. The second-order valence-corrected chi connectivity index (χ2v) is 7.31. The molecule has 8 heteroatoms. The fourth-order valence-electron chi connectivity index (χ4n) is 3.45. The van der Waals surface area contributed by atoms with Gasteiger partial charge in [0.05, 0.1) is 22.8 Å². The number of hydrogen-bond donors (Lipinski definition) is 0. The van der Waals surface area contributed by atoms with E-state index in [1.54, 1.807) is 0 Å². The highest BCUT2D eigenvalue weighted by Gasteiger charge is 2.15. The molecule has 0 amide bonds. The first-order valence-corrected chi connectivity index (χ1v) is 11.1. The SMILES string of the molecule is CCN(CC)c1cc(COC(C)=O)nc(-c2cc(N(CC)CC)cc(COC(C)=O)n2)c1. The van der Waals surface area contributed by atoms with Crippen LogP contribution in [0.1, 0.15) is 52.9 Å². The lowest BCUT2D eigenvalue weighted by molar-refractivity contribution is -0.143. The average molecular weight is 443 g/mol. The monoisotopic (exact) mass is 442 g/mol. The zero-order chi connectivity index (χ0) is 23.7. The van der Waals surface area contributed by atoms with E-state index >= 15 is 0 Å². The Morgan fingerprint density at radius 1 is 0.688 bits per heavy atom. The van der Waals surface area contributed by atoms with E-state index in [1.807, 2.05) is 24.3 Å². The van der Waals surface area contributed by atoms with Crippen LogP contribution in [0.3, 0.4) is 0 Å². The molecule has 0 fully saturated rings. The fraction of sp³-hybridized carbons (Fsp3) is 0.500. The van der Waals surface area contributed by atoms with Gasteiger partial charge in [-0.15, -0.1) is 0 Å². The highest BCUT2D eigenvalue weighted by molar-refractivity contribution is 5.68. The highest BCUT2D eigenvalue weighted by Crippen LogP contribution is 2.28. The molecular weight excluding hydrogens is 408 g/mol. The standard InChI is InChI=1S/C24H34N4O4/c1-7-27(8-2)21-11-19(15-31-17(5)29)25-23(13-21)24-14-22(28(9-3)10-4)12-20(26-24)16-32-18(6)30/h11-14H,7-10,15-16H2,1-6H3. The van der Waals surface area contributed by atoms with Crippen LogP contribution in [-0.2, 0) is 32.3 Å². The topological polar surface area (TPSA) is 84.9 Å². The molecule has 0 saturated carbocycles. The van der Waals surface area contributed by atoms with Crippen molar-refractivity contribution >= 4 is 23.3 Å². The minimum Gasteiger partial charge on any atom is -0.459 e. The molecule has 0 bridgehead atoms. The van der Waals surface area contributed by atoms with Crippen molar-refractivity contribution in [2.75, 3.05) is 36.0 Å². The van der Waals surface area contributed by atoms with E-state index in [1.165, 1.54) is 13.8 Å². The number of carbonyl (C=O) groups is 2. The van der Waals surface area contributed by atoms with Crippen molar-refractivity contribution in [2.45, 2.75) is 54.8 Å². The Morgan fingerprint density at radius 3 is 1.31 bits per heavy atom. The van der Waals surface area contributed by atoms with Crippen molar-refractivity contribution in [1.82, 2.24) is 9.97 Å². The minimum atomic E-state index is -0.355. The van der Waals surface area contributed by atoms with Crippen LogP contribution in [0.25, 0.3) is 11.4 Å². The number of anilines is 2. The summed E-state index contributed by atoms with van der Waals surface area (Å²) in [6.45, 7) is 14.6. The third kappa shape index (κ3) is 6.93. The van der Waals surface area contributed by atoms with Gasteiger partial charge in [-0.1, -0.05) is 0 Å². The fourth-order valence-corrected chi connectivity index (χ4v) is 3.45. The molecular formula is C24H34N4O4. The van der Waals surface area contributed by atoms with Crippen LogP contribution < -0.4 is 9.80 Å². The zero-order valence-electron chi connectivity index (χ0n) is 20.0. The van der Waals surface area contributed by atoms with Crippen LogP contribution >= 0.6 is 0 Å². The van der Waals surface area contributed by atoms with Gasteiger partial charge in [0, 0.05) is 51.4 Å². The molecule has 2 aromatic heterocycles. The maximum absolute atomic E-state index is 11.3. The van der Waals surface area contributed by atoms with Gasteiger partial charge in [0.2, 0.25) is 0 Å². The van der Waals surface area contributed by atoms with Crippen molar-refractivity contribution in [3.05, 3.63) is 35.7 Å². The average Bonchev–Trinajstić information content (AvgIpc) is 2.78. The Bertz CT molecular complexity index is 849. The van der Waals surface area contributed by atoms with E-state index in [0.717, 1.165) is 37.6 Å². The number of ether oxygens (including phenoxy) is 2. The first kappa shape index (κ1) is 25.1. The van der Waals surface area contributed by atoms with E-state index in [-0.39, 0.29) is 25.2 Å². The molecule has 2 rings (SSSR count). The van der Waals surface area contributed by atoms with Gasteiger partial charge >= 0.3 is 11.9 Å². The lowest BCUT2D eigenvalue weighted by atomic mass is 10.1. The van der Waals surface area contributed by atoms with Gasteiger partial charge in [0.15, 0.2) is 0 Å². The predicted molar refractivity (Wildman–Crippen MR) is 126 cm³/mol. The van der Waals surface area contributed by atoms with Gasteiger partial charge in [0.25, 0.3) is 0 Å². The van der Waals surface area contributed by atoms with Crippen LogP contribution in [-0.4, -0.2) is 48.1 Å². The third-order valence-electron chi connectivity index (χ3n) is 5.09. The molecule has 0 aliphatic rings. The molecule has 0 spiro atoms. The van der Waals surface area contributed by atoms with Gasteiger partial charge in [-0.05, 0) is 52.0 Å². The highest BCUT2D eigenvalue weighted by atomic mass is 16.5. The van der Waals surface area contributed by atoms with Gasteiger partial charge in [-0.25, -0.2) is 9.97 Å². The van der Waals surface area contributed by atoms with Gasteiger partial charge in [-0.3, -0.25) is 9.59 Å². The molecule has 174 valence electrons. The summed E-state index contributed by atoms with van der Waals surface area (Å²) in [4.78, 5) is 36.5. The molecule has 8 nitrogen and oxygen atoms in total. The number of pyridine rings is 2. The van der Waals surface area contributed by atoms with Gasteiger partial charge in [0.1, 0.15) is 13.2 Å². The van der Waals surface area contributed by atoms with E-state index in [4.69, 9.17) is 19.4 Å². The largest absolute Gasteiger partial charge is 0.459 e.